The first kappa shape index (κ1) is 9.67. The van der Waals surface area contributed by atoms with Crippen LogP contribution >= 0.6 is 11.8 Å². The highest BCUT2D eigenvalue weighted by Gasteiger charge is 2.21. The Morgan fingerprint density at radius 3 is 2.64 bits per heavy atom. The van der Waals surface area contributed by atoms with Crippen molar-refractivity contribution in [1.82, 2.24) is 14.5 Å². The van der Waals surface area contributed by atoms with Gasteiger partial charge in [-0.25, -0.2) is 0 Å². The fourth-order valence-electron chi connectivity index (χ4n) is 1.52. The average molecular weight is 226 g/mol. The van der Waals surface area contributed by atoms with E-state index in [1.807, 2.05) is 12.1 Å². The fourth-order valence-corrected chi connectivity index (χ4v) is 3.18. The molecule has 1 aromatic carbocycles. The SMILES string of the molecule is C[Si](C)(C)c1cccc2c1nnn2Cl. The van der Waals surface area contributed by atoms with E-state index < -0.39 is 8.07 Å². The minimum absolute atomic E-state index is 0.895. The van der Waals surface area contributed by atoms with Crippen molar-refractivity contribution in [1.29, 1.82) is 0 Å². The van der Waals surface area contributed by atoms with Crippen LogP contribution in [0.3, 0.4) is 0 Å². The van der Waals surface area contributed by atoms with Crippen molar-refractivity contribution in [3.8, 4) is 0 Å². The summed E-state index contributed by atoms with van der Waals surface area (Å²) >= 11 is 5.85. The van der Waals surface area contributed by atoms with Gasteiger partial charge in [0, 0.05) is 11.8 Å². The molecule has 2 rings (SSSR count). The second kappa shape index (κ2) is 3.07. The van der Waals surface area contributed by atoms with Gasteiger partial charge >= 0.3 is 0 Å². The van der Waals surface area contributed by atoms with Crippen LogP contribution in [0.1, 0.15) is 0 Å². The molecule has 0 amide bonds. The number of aromatic nitrogens is 3. The Morgan fingerprint density at radius 1 is 1.29 bits per heavy atom. The molecule has 0 spiro atoms. The molecule has 1 heterocycles. The Bertz CT molecular complexity index is 472. The summed E-state index contributed by atoms with van der Waals surface area (Å²) in [5, 5.41) is 9.23. The van der Waals surface area contributed by atoms with Crippen molar-refractivity contribution in [3.05, 3.63) is 18.2 Å². The Hall–Kier alpha value is -0.873. The molecule has 2 aromatic rings. The van der Waals surface area contributed by atoms with Gasteiger partial charge < -0.3 is 0 Å². The number of hydrogen-bond donors (Lipinski definition) is 0. The zero-order valence-corrected chi connectivity index (χ0v) is 10.2. The van der Waals surface area contributed by atoms with Gasteiger partial charge in [0.2, 0.25) is 0 Å². The van der Waals surface area contributed by atoms with Crippen LogP contribution in [-0.4, -0.2) is 22.6 Å². The topological polar surface area (TPSA) is 30.7 Å². The smallest absolute Gasteiger partial charge is 0.114 e. The predicted molar refractivity (Wildman–Crippen MR) is 61.8 cm³/mol. The normalized spacial score (nSPS) is 12.3. The summed E-state index contributed by atoms with van der Waals surface area (Å²) < 4.78 is 1.30. The summed E-state index contributed by atoms with van der Waals surface area (Å²) in [6.07, 6.45) is 0. The van der Waals surface area contributed by atoms with Crippen LogP contribution in [-0.2, 0) is 0 Å². The van der Waals surface area contributed by atoms with Gasteiger partial charge in [-0.1, -0.05) is 31.8 Å². The molecule has 0 unspecified atom stereocenters. The maximum absolute atomic E-state index is 5.85. The predicted octanol–water partition coefficient (Wildman–Crippen LogP) is 1.98. The lowest BCUT2D eigenvalue weighted by atomic mass is 10.3. The summed E-state index contributed by atoms with van der Waals surface area (Å²) in [6.45, 7) is 6.86. The standard InChI is InChI=1S/C9H12ClN3Si/c1-14(2,3)8-6-4-5-7-9(8)11-12-13(7)10/h4-6H,1-3H3. The van der Waals surface area contributed by atoms with Crippen LogP contribution in [0, 0.1) is 0 Å². The van der Waals surface area contributed by atoms with Gasteiger partial charge in [-0.2, -0.15) is 4.20 Å². The summed E-state index contributed by atoms with van der Waals surface area (Å²) in [5.41, 5.74) is 1.84. The van der Waals surface area contributed by atoms with Gasteiger partial charge in [0.15, 0.2) is 0 Å². The van der Waals surface area contributed by atoms with Crippen LogP contribution in [0.2, 0.25) is 19.6 Å². The first-order chi connectivity index (χ1) is 6.50. The maximum Gasteiger partial charge on any atom is 0.114 e. The first-order valence-electron chi connectivity index (χ1n) is 4.51. The van der Waals surface area contributed by atoms with E-state index in [9.17, 15) is 0 Å². The lowest BCUT2D eigenvalue weighted by Crippen LogP contribution is -2.38. The zero-order chi connectivity index (χ0) is 10.3. The lowest BCUT2D eigenvalue weighted by molar-refractivity contribution is 0.900. The quantitative estimate of drug-likeness (QED) is 0.695. The Balaban J connectivity index is 2.79. The average Bonchev–Trinajstić information content (AvgIpc) is 2.46. The molecule has 0 aliphatic heterocycles. The van der Waals surface area contributed by atoms with E-state index in [0.717, 1.165) is 11.0 Å². The summed E-state index contributed by atoms with van der Waals surface area (Å²) in [5.74, 6) is 0. The first-order valence-corrected chi connectivity index (χ1v) is 8.35. The van der Waals surface area contributed by atoms with Crippen LogP contribution in [0.25, 0.3) is 11.0 Å². The Morgan fingerprint density at radius 2 is 2.00 bits per heavy atom. The number of benzene rings is 1. The Kier molecular flexibility index (Phi) is 2.12. The van der Waals surface area contributed by atoms with E-state index in [4.69, 9.17) is 11.8 Å². The highest BCUT2D eigenvalue weighted by atomic mass is 35.5. The van der Waals surface area contributed by atoms with Crippen molar-refractivity contribution < 1.29 is 0 Å². The molecule has 0 N–H and O–H groups in total. The largest absolute Gasteiger partial charge is 0.152 e. The molecular weight excluding hydrogens is 214 g/mol. The highest BCUT2D eigenvalue weighted by Crippen LogP contribution is 2.13. The van der Waals surface area contributed by atoms with Gasteiger partial charge in [0.1, 0.15) is 11.0 Å². The van der Waals surface area contributed by atoms with E-state index in [0.29, 0.717) is 0 Å². The van der Waals surface area contributed by atoms with Gasteiger partial charge in [0.25, 0.3) is 0 Å². The van der Waals surface area contributed by atoms with Crippen molar-refractivity contribution in [2.24, 2.45) is 0 Å². The monoisotopic (exact) mass is 225 g/mol. The van der Waals surface area contributed by atoms with Crippen molar-refractivity contribution in [2.75, 3.05) is 0 Å². The number of fused-ring (bicyclic) bond motifs is 1. The van der Waals surface area contributed by atoms with Gasteiger partial charge in [-0.15, -0.1) is 5.10 Å². The fraction of sp³-hybridized carbons (Fsp3) is 0.333. The molecule has 1 aromatic heterocycles. The summed E-state index contributed by atoms with van der Waals surface area (Å²) in [7, 11) is -1.36. The highest BCUT2D eigenvalue weighted by molar-refractivity contribution is 6.90. The molecule has 0 atom stereocenters. The van der Waals surface area contributed by atoms with Crippen molar-refractivity contribution >= 4 is 36.1 Å². The number of hydrogen-bond acceptors (Lipinski definition) is 2. The third kappa shape index (κ3) is 1.44. The maximum atomic E-state index is 5.85. The van der Waals surface area contributed by atoms with E-state index in [1.54, 1.807) is 0 Å². The number of rotatable bonds is 1. The molecule has 14 heavy (non-hydrogen) atoms. The number of halogens is 1. The molecule has 0 radical (unpaired) electrons. The van der Waals surface area contributed by atoms with Gasteiger partial charge in [0.05, 0.1) is 8.07 Å². The van der Waals surface area contributed by atoms with Crippen LogP contribution in [0.4, 0.5) is 0 Å². The molecule has 0 bridgehead atoms. The molecule has 0 aliphatic rings. The third-order valence-corrected chi connectivity index (χ3v) is 4.51. The summed E-state index contributed by atoms with van der Waals surface area (Å²) in [6, 6.07) is 6.07. The third-order valence-electron chi connectivity index (χ3n) is 2.24. The molecule has 0 saturated carbocycles. The van der Waals surface area contributed by atoms with Crippen molar-refractivity contribution in [2.45, 2.75) is 19.6 Å². The minimum atomic E-state index is -1.36. The van der Waals surface area contributed by atoms with E-state index in [1.165, 1.54) is 9.39 Å². The van der Waals surface area contributed by atoms with Gasteiger partial charge in [-0.3, -0.25) is 0 Å². The van der Waals surface area contributed by atoms with Crippen LogP contribution in [0.5, 0.6) is 0 Å². The van der Waals surface area contributed by atoms with Crippen LogP contribution in [0.15, 0.2) is 18.2 Å². The number of nitrogens with zero attached hydrogens (tertiary/aromatic N) is 3. The Labute approximate surface area is 88.8 Å². The molecule has 74 valence electrons. The van der Waals surface area contributed by atoms with Crippen LogP contribution < -0.4 is 5.19 Å². The summed E-state index contributed by atoms with van der Waals surface area (Å²) in [4.78, 5) is 0. The second-order valence-electron chi connectivity index (χ2n) is 4.37. The minimum Gasteiger partial charge on any atom is -0.152 e. The van der Waals surface area contributed by atoms with E-state index in [-0.39, 0.29) is 0 Å². The second-order valence-corrected chi connectivity index (χ2v) is 9.73. The van der Waals surface area contributed by atoms with Gasteiger partial charge in [-0.05, 0) is 16.5 Å². The molecule has 0 fully saturated rings. The zero-order valence-electron chi connectivity index (χ0n) is 8.45. The molecular formula is C9H12ClN3Si. The lowest BCUT2D eigenvalue weighted by Gasteiger charge is -2.16. The van der Waals surface area contributed by atoms with E-state index >= 15 is 0 Å². The molecule has 3 nitrogen and oxygen atoms in total. The molecule has 0 saturated heterocycles. The van der Waals surface area contributed by atoms with Crippen molar-refractivity contribution in [3.63, 3.8) is 0 Å². The van der Waals surface area contributed by atoms with E-state index in [2.05, 4.69) is 36.0 Å². The molecule has 5 heteroatoms. The molecule has 0 aliphatic carbocycles.